The van der Waals surface area contributed by atoms with Crippen LogP contribution in [-0.2, 0) is 52.3 Å². The number of rotatable bonds is 37. The lowest BCUT2D eigenvalue weighted by molar-refractivity contribution is -0.148. The van der Waals surface area contributed by atoms with Gasteiger partial charge in [-0.05, 0) is 80.1 Å². The lowest BCUT2D eigenvalue weighted by atomic mass is 10.1. The van der Waals surface area contributed by atoms with E-state index in [0.29, 0.717) is 64.4 Å². The van der Waals surface area contributed by atoms with E-state index in [1.54, 1.807) is 41.5 Å². The SMILES string of the molecule is CC(C)(C)OC(=O)N[C@@H](COC(=O)CCCCCCCNC(=O)OCCO)COC(=O)CCCCCCCNC(=O)OC[C@@H](COC(=O)CCCCCCCNC(=O)O/C=C/O)NC(=O)OC(C)(C)C. The number of carbonyl (C=O) groups excluding carboxylic acids is 8. The van der Waals surface area contributed by atoms with Gasteiger partial charge in [0.25, 0.3) is 0 Å². The van der Waals surface area contributed by atoms with Crippen molar-refractivity contribution >= 4 is 48.4 Å². The first-order valence-electron chi connectivity index (χ1n) is 24.3. The van der Waals surface area contributed by atoms with Crippen LogP contribution in [0.3, 0.4) is 0 Å². The number of esters is 3. The van der Waals surface area contributed by atoms with Gasteiger partial charge in [0, 0.05) is 38.9 Å². The van der Waals surface area contributed by atoms with Crippen LogP contribution >= 0.6 is 0 Å². The molecule has 70 heavy (non-hydrogen) atoms. The number of alkyl carbamates (subject to hydrolysis) is 5. The second-order valence-corrected chi connectivity index (χ2v) is 18.2. The normalized spacial score (nSPS) is 12.1. The summed E-state index contributed by atoms with van der Waals surface area (Å²) >= 11 is 0. The maximum atomic E-state index is 12.5. The summed E-state index contributed by atoms with van der Waals surface area (Å²) < 4.78 is 41.3. The topological polar surface area (TPSA) is 311 Å². The molecule has 0 aromatic carbocycles. The molecule has 0 spiro atoms. The van der Waals surface area contributed by atoms with E-state index in [-0.39, 0.29) is 58.9 Å². The summed E-state index contributed by atoms with van der Waals surface area (Å²) in [5.41, 5.74) is -1.57. The Morgan fingerprint density at radius 1 is 0.443 bits per heavy atom. The second-order valence-electron chi connectivity index (χ2n) is 18.2. The number of nitrogens with one attached hydrogen (secondary N) is 5. The zero-order chi connectivity index (χ0) is 52.5. The number of aliphatic hydroxyl groups is 2. The highest BCUT2D eigenvalue weighted by atomic mass is 16.6. The van der Waals surface area contributed by atoms with E-state index in [4.69, 9.17) is 43.4 Å². The molecule has 23 nitrogen and oxygen atoms in total. The molecular weight excluding hydrogens is 923 g/mol. The van der Waals surface area contributed by atoms with Gasteiger partial charge in [0.05, 0.1) is 6.61 Å². The Kier molecular flexibility index (Phi) is 36.8. The van der Waals surface area contributed by atoms with Crippen LogP contribution in [0.2, 0.25) is 0 Å². The van der Waals surface area contributed by atoms with Crippen molar-refractivity contribution < 1.29 is 86.5 Å². The van der Waals surface area contributed by atoms with E-state index < -0.39 is 71.7 Å². The largest absolute Gasteiger partial charge is 0.512 e. The molecule has 404 valence electrons. The highest BCUT2D eigenvalue weighted by Gasteiger charge is 2.24. The van der Waals surface area contributed by atoms with Crippen LogP contribution in [0.5, 0.6) is 0 Å². The van der Waals surface area contributed by atoms with Crippen molar-refractivity contribution in [2.24, 2.45) is 0 Å². The van der Waals surface area contributed by atoms with Gasteiger partial charge in [-0.1, -0.05) is 57.8 Å². The van der Waals surface area contributed by atoms with Gasteiger partial charge in [0.1, 0.15) is 68.8 Å². The Balaban J connectivity index is 4.52. The Morgan fingerprint density at radius 2 is 0.771 bits per heavy atom. The van der Waals surface area contributed by atoms with Crippen LogP contribution in [0.15, 0.2) is 12.5 Å². The van der Waals surface area contributed by atoms with Crippen LogP contribution in [0.4, 0.5) is 24.0 Å². The Hall–Kier alpha value is -5.74. The maximum absolute atomic E-state index is 12.5. The molecule has 2 atom stereocenters. The van der Waals surface area contributed by atoms with Crippen LogP contribution in [0.25, 0.3) is 0 Å². The summed E-state index contributed by atoms with van der Waals surface area (Å²) in [7, 11) is 0. The van der Waals surface area contributed by atoms with Crippen molar-refractivity contribution in [2.75, 3.05) is 59.3 Å². The second kappa shape index (κ2) is 40.0. The molecule has 7 N–H and O–H groups in total. The fraction of sp³-hybridized carbons (Fsp3) is 0.787. The van der Waals surface area contributed by atoms with E-state index in [2.05, 4.69) is 31.3 Å². The van der Waals surface area contributed by atoms with Crippen molar-refractivity contribution in [3.8, 4) is 0 Å². The molecule has 0 bridgehead atoms. The average Bonchev–Trinajstić information content (AvgIpc) is 3.27. The van der Waals surface area contributed by atoms with Gasteiger partial charge in [0.2, 0.25) is 0 Å². The molecule has 0 fully saturated rings. The van der Waals surface area contributed by atoms with Gasteiger partial charge in [-0.15, -0.1) is 0 Å². The molecule has 0 aliphatic rings. The van der Waals surface area contributed by atoms with Crippen molar-refractivity contribution in [1.82, 2.24) is 26.6 Å². The predicted molar refractivity (Wildman–Crippen MR) is 254 cm³/mol. The lowest BCUT2D eigenvalue weighted by Crippen LogP contribution is -2.45. The number of ether oxygens (including phenoxy) is 8. The minimum atomic E-state index is -0.869. The maximum Gasteiger partial charge on any atom is 0.412 e. The number of carbonyl (C=O) groups is 8. The van der Waals surface area contributed by atoms with Gasteiger partial charge >= 0.3 is 48.4 Å². The quantitative estimate of drug-likeness (QED) is 0.0149. The summed E-state index contributed by atoms with van der Waals surface area (Å²) in [6.45, 7) is 10.1. The number of hydrogen-bond acceptors (Lipinski definition) is 18. The van der Waals surface area contributed by atoms with Crippen molar-refractivity contribution in [1.29, 1.82) is 0 Å². The summed E-state index contributed by atoms with van der Waals surface area (Å²) in [4.78, 5) is 97.4. The van der Waals surface area contributed by atoms with E-state index in [9.17, 15) is 38.4 Å². The van der Waals surface area contributed by atoms with Crippen LogP contribution < -0.4 is 26.6 Å². The van der Waals surface area contributed by atoms with Crippen LogP contribution in [0, 0.1) is 0 Å². The van der Waals surface area contributed by atoms with Crippen LogP contribution in [-0.4, -0.2) is 141 Å². The van der Waals surface area contributed by atoms with Gasteiger partial charge < -0.3 is 74.7 Å². The summed E-state index contributed by atoms with van der Waals surface area (Å²) in [5, 5.41) is 30.1. The van der Waals surface area contributed by atoms with E-state index in [1.165, 1.54) is 0 Å². The third-order valence-corrected chi connectivity index (χ3v) is 9.24. The van der Waals surface area contributed by atoms with E-state index in [1.807, 2.05) is 0 Å². The van der Waals surface area contributed by atoms with Gasteiger partial charge in [-0.25, -0.2) is 24.0 Å². The molecule has 0 unspecified atom stereocenters. The molecular formula is C47H83N5O18. The molecule has 5 amide bonds. The highest BCUT2D eigenvalue weighted by molar-refractivity contribution is 5.72. The first kappa shape index (κ1) is 64.3. The fourth-order valence-electron chi connectivity index (χ4n) is 5.90. The number of amides is 5. The number of aliphatic hydroxyl groups excluding tert-OH is 2. The molecule has 0 saturated carbocycles. The first-order valence-corrected chi connectivity index (χ1v) is 24.3. The summed E-state index contributed by atoms with van der Waals surface area (Å²) in [5.74, 6) is -1.41. The third-order valence-electron chi connectivity index (χ3n) is 9.24. The summed E-state index contributed by atoms with van der Waals surface area (Å²) in [6.07, 6.45) is 9.36. The van der Waals surface area contributed by atoms with E-state index in [0.717, 1.165) is 64.0 Å². The number of unbranched alkanes of at least 4 members (excludes halogenated alkanes) is 12. The summed E-state index contributed by atoms with van der Waals surface area (Å²) in [6, 6.07) is -1.70. The number of hydrogen-bond donors (Lipinski definition) is 7. The fourth-order valence-corrected chi connectivity index (χ4v) is 5.90. The highest BCUT2D eigenvalue weighted by Crippen LogP contribution is 2.12. The first-order chi connectivity index (χ1) is 33.2. The smallest absolute Gasteiger partial charge is 0.412 e. The Morgan fingerprint density at radius 3 is 1.13 bits per heavy atom. The van der Waals surface area contributed by atoms with Crippen molar-refractivity contribution in [3.05, 3.63) is 12.5 Å². The molecule has 0 rings (SSSR count). The monoisotopic (exact) mass is 1010 g/mol. The minimum absolute atomic E-state index is 0.0574. The molecule has 0 saturated heterocycles. The van der Waals surface area contributed by atoms with Gasteiger partial charge in [-0.3, -0.25) is 14.4 Å². The lowest BCUT2D eigenvalue weighted by Gasteiger charge is -2.23. The standard InChI is InChI=1S/C47H83N5O18/c1-46(2,3)69-44(61)51-36(32-65-38(55)22-16-10-7-13-19-25-48-41(58)63-30-28-53)33-66-39(56)23-17-12-9-15-21-27-50-43(60)68-35-37(52-45(62)70-47(4,5)6)34-67-40(57)24-18-11-8-14-20-26-49-42(59)64-31-29-54/h29,31,36-37,53-54H,7-28,30,32-35H2,1-6H3,(H,48,58)(H,49,59)(H,50,60)(H,51,61)(H,52,62)/b31-29+/t36-,37+/m0/s1. The van der Waals surface area contributed by atoms with E-state index >= 15 is 0 Å². The Bertz CT molecular complexity index is 1530. The van der Waals surface area contributed by atoms with Crippen molar-refractivity contribution in [2.45, 2.75) is 180 Å². The molecule has 0 aliphatic heterocycles. The molecule has 0 aromatic heterocycles. The molecule has 0 aromatic rings. The average molecular weight is 1010 g/mol. The van der Waals surface area contributed by atoms with Crippen molar-refractivity contribution in [3.63, 3.8) is 0 Å². The molecule has 0 aliphatic carbocycles. The Labute approximate surface area is 412 Å². The van der Waals surface area contributed by atoms with Gasteiger partial charge in [-0.2, -0.15) is 0 Å². The third kappa shape index (κ3) is 43.5. The molecule has 23 heteroatoms. The zero-order valence-electron chi connectivity index (χ0n) is 42.3. The molecule has 0 heterocycles. The van der Waals surface area contributed by atoms with Crippen LogP contribution in [0.1, 0.15) is 157 Å². The van der Waals surface area contributed by atoms with Gasteiger partial charge in [0.15, 0.2) is 0 Å². The molecule has 0 radical (unpaired) electrons. The predicted octanol–water partition coefficient (Wildman–Crippen LogP) is 6.62. The minimum Gasteiger partial charge on any atom is -0.512 e. The zero-order valence-corrected chi connectivity index (χ0v) is 42.3.